The van der Waals surface area contributed by atoms with Crippen molar-refractivity contribution in [1.82, 2.24) is 9.78 Å². The van der Waals surface area contributed by atoms with E-state index in [9.17, 15) is 4.39 Å². The number of nitrogens with zero attached hydrogens (tertiary/aromatic N) is 2. The number of hydrogen-bond donors (Lipinski definition) is 1. The van der Waals surface area contributed by atoms with Crippen LogP contribution in [0.5, 0.6) is 0 Å². The molecule has 1 aromatic heterocycles. The van der Waals surface area contributed by atoms with Gasteiger partial charge in [0.2, 0.25) is 0 Å². The van der Waals surface area contributed by atoms with Crippen LogP contribution in [-0.2, 0) is 7.05 Å². The normalized spacial score (nSPS) is 10.4. The zero-order chi connectivity index (χ0) is 10.1. The minimum Gasteiger partial charge on any atom is -0.382 e. The number of benzene rings is 1. The van der Waals surface area contributed by atoms with Crippen molar-refractivity contribution in [3.05, 3.63) is 36.3 Å². The summed E-state index contributed by atoms with van der Waals surface area (Å²) in [6.45, 7) is 0. The number of nitrogens with two attached hydrogens (primary N) is 1. The topological polar surface area (TPSA) is 43.8 Å². The highest BCUT2D eigenvalue weighted by molar-refractivity contribution is 5.73. The maximum atomic E-state index is 13.4. The number of hydrogen-bond acceptors (Lipinski definition) is 2. The predicted octanol–water partition coefficient (Wildman–Crippen LogP) is 1.81. The monoisotopic (exact) mass is 191 g/mol. The summed E-state index contributed by atoms with van der Waals surface area (Å²) >= 11 is 0. The fourth-order valence-corrected chi connectivity index (χ4v) is 1.39. The molecular formula is C10H10FN3. The molecule has 1 aromatic carbocycles. The van der Waals surface area contributed by atoms with Crippen molar-refractivity contribution in [3.8, 4) is 11.1 Å². The van der Waals surface area contributed by atoms with Crippen molar-refractivity contribution in [1.29, 1.82) is 0 Å². The van der Waals surface area contributed by atoms with Crippen LogP contribution in [0.15, 0.2) is 30.5 Å². The molecule has 2 rings (SSSR count). The van der Waals surface area contributed by atoms with Gasteiger partial charge in [0.15, 0.2) is 5.82 Å². The smallest absolute Gasteiger partial charge is 0.153 e. The Morgan fingerprint density at radius 3 is 2.57 bits per heavy atom. The molecule has 3 nitrogen and oxygen atoms in total. The molecule has 0 aliphatic rings. The van der Waals surface area contributed by atoms with Crippen LogP contribution in [0.4, 0.5) is 10.2 Å². The highest BCUT2D eigenvalue weighted by Crippen LogP contribution is 2.26. The van der Waals surface area contributed by atoms with Crippen LogP contribution in [0.2, 0.25) is 0 Å². The third kappa shape index (κ3) is 1.35. The lowest BCUT2D eigenvalue weighted by Crippen LogP contribution is -1.91. The molecule has 0 amide bonds. The van der Waals surface area contributed by atoms with E-state index < -0.39 is 0 Å². The van der Waals surface area contributed by atoms with Crippen molar-refractivity contribution < 1.29 is 4.39 Å². The molecule has 1 heterocycles. The zero-order valence-corrected chi connectivity index (χ0v) is 7.74. The van der Waals surface area contributed by atoms with Crippen molar-refractivity contribution in [2.75, 3.05) is 5.73 Å². The second-order valence-electron chi connectivity index (χ2n) is 3.08. The minimum absolute atomic E-state index is 0.285. The average Bonchev–Trinajstić information content (AvgIpc) is 2.46. The Kier molecular flexibility index (Phi) is 1.96. The van der Waals surface area contributed by atoms with E-state index in [1.807, 2.05) is 0 Å². The molecule has 0 saturated carbocycles. The average molecular weight is 191 g/mol. The summed E-state index contributed by atoms with van der Waals surface area (Å²) in [7, 11) is 1.75. The summed E-state index contributed by atoms with van der Waals surface area (Å²) in [4.78, 5) is 0. The lowest BCUT2D eigenvalue weighted by atomic mass is 10.1. The molecule has 0 fully saturated rings. The lowest BCUT2D eigenvalue weighted by Gasteiger charge is -1.99. The van der Waals surface area contributed by atoms with Crippen LogP contribution in [-0.4, -0.2) is 9.78 Å². The number of anilines is 1. The van der Waals surface area contributed by atoms with Gasteiger partial charge in [-0.25, -0.2) is 4.39 Å². The largest absolute Gasteiger partial charge is 0.382 e. The third-order valence-corrected chi connectivity index (χ3v) is 2.02. The van der Waals surface area contributed by atoms with E-state index in [0.717, 1.165) is 0 Å². The van der Waals surface area contributed by atoms with Crippen molar-refractivity contribution in [2.45, 2.75) is 0 Å². The molecule has 0 unspecified atom stereocenters. The van der Waals surface area contributed by atoms with Gasteiger partial charge >= 0.3 is 0 Å². The van der Waals surface area contributed by atoms with Gasteiger partial charge in [-0.2, -0.15) is 5.10 Å². The van der Waals surface area contributed by atoms with Gasteiger partial charge < -0.3 is 5.73 Å². The van der Waals surface area contributed by atoms with E-state index in [2.05, 4.69) is 5.10 Å². The Morgan fingerprint density at radius 1 is 1.29 bits per heavy atom. The van der Waals surface area contributed by atoms with E-state index >= 15 is 0 Å². The molecule has 72 valence electrons. The Hall–Kier alpha value is -1.84. The Morgan fingerprint density at radius 2 is 2.00 bits per heavy atom. The van der Waals surface area contributed by atoms with Crippen LogP contribution in [0.3, 0.4) is 0 Å². The Labute approximate surface area is 81.0 Å². The summed E-state index contributed by atoms with van der Waals surface area (Å²) in [6, 6.07) is 6.50. The van der Waals surface area contributed by atoms with Gasteiger partial charge in [0, 0.05) is 24.4 Å². The number of aromatic nitrogens is 2. The van der Waals surface area contributed by atoms with Crippen LogP contribution in [0.25, 0.3) is 11.1 Å². The molecule has 0 radical (unpaired) electrons. The summed E-state index contributed by atoms with van der Waals surface area (Å²) in [5.74, 6) is 0.0600. The standard InChI is InChI=1S/C10H10FN3/c1-14-6-8(10(12)13-14)7-4-2-3-5-9(7)11/h2-6H,1H3,(H2,12,13). The van der Waals surface area contributed by atoms with Gasteiger partial charge in [0.1, 0.15) is 5.82 Å². The minimum atomic E-state index is -0.285. The second kappa shape index (κ2) is 3.14. The highest BCUT2D eigenvalue weighted by Gasteiger charge is 2.10. The third-order valence-electron chi connectivity index (χ3n) is 2.02. The molecule has 4 heteroatoms. The van der Waals surface area contributed by atoms with Gasteiger partial charge in [-0.15, -0.1) is 0 Å². The molecule has 14 heavy (non-hydrogen) atoms. The molecule has 0 saturated heterocycles. The number of nitrogen functional groups attached to an aromatic ring is 1. The van der Waals surface area contributed by atoms with E-state index in [1.54, 1.807) is 36.1 Å². The Bertz CT molecular complexity index is 462. The number of halogens is 1. The second-order valence-corrected chi connectivity index (χ2v) is 3.08. The maximum Gasteiger partial charge on any atom is 0.153 e. The highest BCUT2D eigenvalue weighted by atomic mass is 19.1. The van der Waals surface area contributed by atoms with Crippen LogP contribution >= 0.6 is 0 Å². The lowest BCUT2D eigenvalue weighted by molar-refractivity contribution is 0.631. The summed E-state index contributed by atoms with van der Waals surface area (Å²) in [5.41, 5.74) is 6.76. The summed E-state index contributed by atoms with van der Waals surface area (Å²) in [6.07, 6.45) is 1.70. The van der Waals surface area contributed by atoms with Gasteiger partial charge in [-0.1, -0.05) is 18.2 Å². The van der Waals surface area contributed by atoms with Crippen molar-refractivity contribution in [3.63, 3.8) is 0 Å². The van der Waals surface area contributed by atoms with Gasteiger partial charge in [-0.05, 0) is 6.07 Å². The predicted molar refractivity (Wildman–Crippen MR) is 53.0 cm³/mol. The van der Waals surface area contributed by atoms with Gasteiger partial charge in [0.25, 0.3) is 0 Å². The van der Waals surface area contributed by atoms with Gasteiger partial charge in [0.05, 0.1) is 0 Å². The fourth-order valence-electron chi connectivity index (χ4n) is 1.39. The first-order valence-corrected chi connectivity index (χ1v) is 4.22. The quantitative estimate of drug-likeness (QED) is 0.747. The molecule has 0 atom stereocenters. The number of aryl methyl sites for hydroxylation is 1. The SMILES string of the molecule is Cn1cc(-c2ccccc2F)c(N)n1. The first-order valence-electron chi connectivity index (χ1n) is 4.22. The summed E-state index contributed by atoms with van der Waals surface area (Å²) in [5, 5.41) is 3.96. The van der Waals surface area contributed by atoms with Crippen LogP contribution < -0.4 is 5.73 Å². The maximum absolute atomic E-state index is 13.4. The molecule has 2 N–H and O–H groups in total. The molecule has 0 bridgehead atoms. The van der Waals surface area contributed by atoms with Crippen LogP contribution in [0.1, 0.15) is 0 Å². The van der Waals surface area contributed by atoms with E-state index in [-0.39, 0.29) is 5.82 Å². The van der Waals surface area contributed by atoms with Crippen molar-refractivity contribution >= 4 is 5.82 Å². The van der Waals surface area contributed by atoms with E-state index in [1.165, 1.54) is 6.07 Å². The fraction of sp³-hybridized carbons (Fsp3) is 0.100. The summed E-state index contributed by atoms with van der Waals surface area (Å²) < 4.78 is 14.9. The molecule has 0 aliphatic heterocycles. The zero-order valence-electron chi connectivity index (χ0n) is 7.74. The Balaban J connectivity index is 2.60. The van der Waals surface area contributed by atoms with Crippen molar-refractivity contribution in [2.24, 2.45) is 7.05 Å². The number of rotatable bonds is 1. The molecule has 0 aliphatic carbocycles. The first-order chi connectivity index (χ1) is 6.68. The first kappa shape index (κ1) is 8.74. The molecule has 0 spiro atoms. The van der Waals surface area contributed by atoms with Gasteiger partial charge in [-0.3, -0.25) is 4.68 Å². The van der Waals surface area contributed by atoms with E-state index in [4.69, 9.17) is 5.73 Å². The molecule has 2 aromatic rings. The molecular weight excluding hydrogens is 181 g/mol. The van der Waals surface area contributed by atoms with E-state index in [0.29, 0.717) is 16.9 Å². The van der Waals surface area contributed by atoms with Crippen LogP contribution in [0, 0.1) is 5.82 Å².